The fourth-order valence-electron chi connectivity index (χ4n) is 4.01. The monoisotopic (exact) mass is 473 g/mol. The molecule has 8 heteroatoms. The second kappa shape index (κ2) is 10.5. The maximum atomic E-state index is 13.9. The van der Waals surface area contributed by atoms with Crippen LogP contribution in [0.4, 0.5) is 5.69 Å². The molecule has 35 heavy (non-hydrogen) atoms. The first-order valence-electron chi connectivity index (χ1n) is 11.8. The molecular formula is C27H31N5O3. The zero-order chi connectivity index (χ0) is 24.9. The molecule has 0 aliphatic carbocycles. The fraction of sp³-hybridized carbons (Fsp3) is 0.333. The van der Waals surface area contributed by atoms with Gasteiger partial charge in [0.2, 0.25) is 5.91 Å². The molecule has 2 aromatic heterocycles. The number of nitrogens with one attached hydrogen (secondary N) is 1. The van der Waals surface area contributed by atoms with Crippen LogP contribution in [0.2, 0.25) is 0 Å². The SMILES string of the molecule is Cc1cccc(N(C(=O)Cn2nnc3ccccc32)C(C(=O)NCCC(C)C)c2ccc(C)o2)c1. The van der Waals surface area contributed by atoms with Gasteiger partial charge in [-0.1, -0.05) is 43.3 Å². The van der Waals surface area contributed by atoms with Gasteiger partial charge in [0.25, 0.3) is 5.91 Å². The molecule has 0 aliphatic heterocycles. The van der Waals surface area contributed by atoms with Gasteiger partial charge >= 0.3 is 0 Å². The first-order valence-corrected chi connectivity index (χ1v) is 11.8. The number of rotatable bonds is 9. The van der Waals surface area contributed by atoms with E-state index in [2.05, 4.69) is 29.5 Å². The highest BCUT2D eigenvalue weighted by Crippen LogP contribution is 2.30. The summed E-state index contributed by atoms with van der Waals surface area (Å²) in [4.78, 5) is 28.9. The Morgan fingerprint density at radius 1 is 1.06 bits per heavy atom. The van der Waals surface area contributed by atoms with Gasteiger partial charge in [0, 0.05) is 12.2 Å². The lowest BCUT2D eigenvalue weighted by Gasteiger charge is -2.30. The molecule has 0 saturated carbocycles. The highest BCUT2D eigenvalue weighted by atomic mass is 16.3. The summed E-state index contributed by atoms with van der Waals surface area (Å²) in [6, 6.07) is 17.6. The standard InChI is InChI=1S/C27H31N5O3/c1-18(2)14-15-28-27(34)26(24-13-12-20(4)35-24)32(21-9-7-8-19(3)16-21)25(33)17-31-23-11-6-5-10-22(23)29-30-31/h5-13,16,18,26H,14-15,17H2,1-4H3,(H,28,34). The maximum Gasteiger partial charge on any atom is 0.251 e. The summed E-state index contributed by atoms with van der Waals surface area (Å²) in [5.74, 6) is 0.916. The highest BCUT2D eigenvalue weighted by Gasteiger charge is 2.35. The lowest BCUT2D eigenvalue weighted by Crippen LogP contribution is -2.45. The van der Waals surface area contributed by atoms with Gasteiger partial charge in [0.05, 0.1) is 5.52 Å². The molecule has 1 atom stereocenters. The van der Waals surface area contributed by atoms with Crippen molar-refractivity contribution in [2.75, 3.05) is 11.4 Å². The highest BCUT2D eigenvalue weighted by molar-refractivity contribution is 6.01. The third-order valence-corrected chi connectivity index (χ3v) is 5.81. The number of fused-ring (bicyclic) bond motifs is 1. The third kappa shape index (κ3) is 5.59. The van der Waals surface area contributed by atoms with Crippen LogP contribution in [0.1, 0.15) is 43.4 Å². The number of anilines is 1. The van der Waals surface area contributed by atoms with Crippen LogP contribution in [0.3, 0.4) is 0 Å². The van der Waals surface area contributed by atoms with Crippen LogP contribution in [-0.2, 0) is 16.1 Å². The molecule has 0 spiro atoms. The van der Waals surface area contributed by atoms with Crippen LogP contribution in [-0.4, -0.2) is 33.4 Å². The van der Waals surface area contributed by atoms with Crippen molar-refractivity contribution >= 4 is 28.5 Å². The average Bonchev–Trinajstić information content (AvgIpc) is 3.43. The molecule has 0 fully saturated rings. The number of hydrogen-bond acceptors (Lipinski definition) is 5. The van der Waals surface area contributed by atoms with Gasteiger partial charge in [-0.25, -0.2) is 4.68 Å². The fourth-order valence-corrected chi connectivity index (χ4v) is 4.01. The Balaban J connectivity index is 1.74. The first kappa shape index (κ1) is 24.2. The van der Waals surface area contributed by atoms with Gasteiger partial charge in [-0.05, 0) is 68.1 Å². The zero-order valence-electron chi connectivity index (χ0n) is 20.6. The van der Waals surface area contributed by atoms with Crippen molar-refractivity contribution in [2.45, 2.75) is 46.7 Å². The summed E-state index contributed by atoms with van der Waals surface area (Å²) < 4.78 is 7.45. The predicted octanol–water partition coefficient (Wildman–Crippen LogP) is 4.58. The number of carbonyl (C=O) groups is 2. The van der Waals surface area contributed by atoms with Gasteiger partial charge in [-0.15, -0.1) is 5.10 Å². The molecule has 4 aromatic rings. The van der Waals surface area contributed by atoms with Crippen molar-refractivity contribution in [2.24, 2.45) is 5.92 Å². The van der Waals surface area contributed by atoms with Crippen molar-refractivity contribution < 1.29 is 14.0 Å². The van der Waals surface area contributed by atoms with E-state index >= 15 is 0 Å². The van der Waals surface area contributed by atoms with E-state index in [0.29, 0.717) is 35.2 Å². The Bertz CT molecular complexity index is 1320. The number of amides is 2. The lowest BCUT2D eigenvalue weighted by atomic mass is 10.1. The Labute approximate surface area is 204 Å². The molecular weight excluding hydrogens is 442 g/mol. The van der Waals surface area contributed by atoms with E-state index in [4.69, 9.17) is 4.42 Å². The molecule has 0 aliphatic rings. The minimum atomic E-state index is -0.972. The minimum absolute atomic E-state index is 0.0794. The van der Waals surface area contributed by atoms with Gasteiger partial charge < -0.3 is 9.73 Å². The summed E-state index contributed by atoms with van der Waals surface area (Å²) in [7, 11) is 0. The largest absolute Gasteiger partial charge is 0.464 e. The Morgan fingerprint density at radius 3 is 2.57 bits per heavy atom. The molecule has 0 bridgehead atoms. The van der Waals surface area contributed by atoms with E-state index in [0.717, 1.165) is 17.5 Å². The number of hydrogen-bond donors (Lipinski definition) is 1. The van der Waals surface area contributed by atoms with Gasteiger partial charge in [0.1, 0.15) is 23.6 Å². The Kier molecular flexibility index (Phi) is 7.29. The third-order valence-electron chi connectivity index (χ3n) is 5.81. The zero-order valence-corrected chi connectivity index (χ0v) is 20.6. The van der Waals surface area contributed by atoms with E-state index in [9.17, 15) is 9.59 Å². The first-order chi connectivity index (χ1) is 16.8. The molecule has 2 amide bonds. The van der Waals surface area contributed by atoms with Crippen molar-refractivity contribution in [3.63, 3.8) is 0 Å². The minimum Gasteiger partial charge on any atom is -0.464 e. The quantitative estimate of drug-likeness (QED) is 0.384. The van der Waals surface area contributed by atoms with Gasteiger partial charge in [-0.2, -0.15) is 0 Å². The van der Waals surface area contributed by atoms with E-state index < -0.39 is 6.04 Å². The van der Waals surface area contributed by atoms with Crippen LogP contribution in [0.5, 0.6) is 0 Å². The van der Waals surface area contributed by atoms with Crippen LogP contribution in [0.25, 0.3) is 11.0 Å². The number of para-hydroxylation sites is 1. The van der Waals surface area contributed by atoms with E-state index in [1.54, 1.807) is 16.8 Å². The molecule has 1 unspecified atom stereocenters. The number of aryl methyl sites for hydroxylation is 2. The van der Waals surface area contributed by atoms with Crippen LogP contribution >= 0.6 is 0 Å². The van der Waals surface area contributed by atoms with E-state index in [1.807, 2.05) is 62.4 Å². The van der Waals surface area contributed by atoms with Gasteiger partial charge in [-0.3, -0.25) is 14.5 Å². The predicted molar refractivity (Wildman–Crippen MR) is 135 cm³/mol. The van der Waals surface area contributed by atoms with E-state index in [1.165, 1.54) is 4.90 Å². The molecule has 2 heterocycles. The number of carbonyl (C=O) groups excluding carboxylic acids is 2. The topological polar surface area (TPSA) is 93.3 Å². The second-order valence-electron chi connectivity index (χ2n) is 9.16. The van der Waals surface area contributed by atoms with Crippen molar-refractivity contribution in [3.05, 3.63) is 77.7 Å². The summed E-state index contributed by atoms with van der Waals surface area (Å²) in [6.45, 7) is 8.40. The van der Waals surface area contributed by atoms with E-state index in [-0.39, 0.29) is 18.4 Å². The Morgan fingerprint density at radius 2 is 1.86 bits per heavy atom. The number of benzene rings is 2. The summed E-state index contributed by atoms with van der Waals surface area (Å²) in [5, 5.41) is 11.3. The lowest BCUT2D eigenvalue weighted by molar-refractivity contribution is -0.127. The summed E-state index contributed by atoms with van der Waals surface area (Å²) in [6.07, 6.45) is 0.832. The van der Waals surface area contributed by atoms with Crippen molar-refractivity contribution in [3.8, 4) is 0 Å². The number of furan rings is 1. The maximum absolute atomic E-state index is 13.9. The number of aromatic nitrogens is 3. The van der Waals surface area contributed by atoms with Crippen molar-refractivity contribution in [1.82, 2.24) is 20.3 Å². The molecule has 1 N–H and O–H groups in total. The van der Waals surface area contributed by atoms with Crippen LogP contribution < -0.4 is 10.2 Å². The second-order valence-corrected chi connectivity index (χ2v) is 9.16. The number of nitrogens with zero attached hydrogens (tertiary/aromatic N) is 4. The average molecular weight is 474 g/mol. The van der Waals surface area contributed by atoms with Crippen LogP contribution in [0, 0.1) is 19.8 Å². The smallest absolute Gasteiger partial charge is 0.251 e. The molecule has 0 saturated heterocycles. The molecule has 182 valence electrons. The molecule has 0 radical (unpaired) electrons. The summed E-state index contributed by atoms with van der Waals surface area (Å²) >= 11 is 0. The van der Waals surface area contributed by atoms with Gasteiger partial charge in [0.15, 0.2) is 6.04 Å². The van der Waals surface area contributed by atoms with Crippen LogP contribution in [0.15, 0.2) is 65.1 Å². The Hall–Kier alpha value is -3.94. The van der Waals surface area contributed by atoms with Crippen molar-refractivity contribution in [1.29, 1.82) is 0 Å². The normalized spacial score (nSPS) is 12.1. The molecule has 2 aromatic carbocycles. The molecule has 4 rings (SSSR count). The molecule has 8 nitrogen and oxygen atoms in total. The summed E-state index contributed by atoms with van der Waals surface area (Å²) in [5.41, 5.74) is 3.03.